The molecule has 7 heteroatoms. The lowest BCUT2D eigenvalue weighted by Gasteiger charge is -2.14. The predicted molar refractivity (Wildman–Crippen MR) is 93.5 cm³/mol. The second-order valence-corrected chi connectivity index (χ2v) is 5.41. The summed E-state index contributed by atoms with van der Waals surface area (Å²) in [4.78, 5) is 17.9. The van der Waals surface area contributed by atoms with E-state index >= 15 is 0 Å². The maximum atomic E-state index is 11.8. The van der Waals surface area contributed by atoms with Gasteiger partial charge in [-0.05, 0) is 24.3 Å². The third-order valence-electron chi connectivity index (χ3n) is 3.15. The summed E-state index contributed by atoms with van der Waals surface area (Å²) in [7, 11) is 3.78. The number of para-hydroxylation sites is 1. The third kappa shape index (κ3) is 5.77. The van der Waals surface area contributed by atoms with Gasteiger partial charge in [-0.15, -0.1) is 0 Å². The molecule has 1 atom stereocenters. The lowest BCUT2D eigenvalue weighted by atomic mass is 10.3. The summed E-state index contributed by atoms with van der Waals surface area (Å²) in [6.07, 6.45) is 0.773. The molecule has 0 saturated carbocycles. The lowest BCUT2D eigenvalue weighted by molar-refractivity contribution is 0.108. The van der Waals surface area contributed by atoms with E-state index in [-0.39, 0.29) is 13.2 Å². The van der Waals surface area contributed by atoms with Gasteiger partial charge in [-0.25, -0.2) is 9.78 Å². The molecule has 2 amide bonds. The smallest absolute Gasteiger partial charge is 0.319 e. The first kappa shape index (κ1) is 17.6. The standard InChI is InChI=1S/C17H22N4O3/c1-21(2)16-9-8-13(10-18-16)20-17(23)19-11-14(22)12-24-15-6-4-3-5-7-15/h3-10,14,22H,11-12H2,1-2H3,(H2,19,20,23)/t14-/m0/s1. The molecular weight excluding hydrogens is 308 g/mol. The molecule has 0 saturated heterocycles. The Balaban J connectivity index is 1.70. The van der Waals surface area contributed by atoms with E-state index in [0.717, 1.165) is 5.82 Å². The van der Waals surface area contributed by atoms with Crippen molar-refractivity contribution in [1.82, 2.24) is 10.3 Å². The van der Waals surface area contributed by atoms with Crippen molar-refractivity contribution in [3.8, 4) is 5.75 Å². The number of hydrogen-bond donors (Lipinski definition) is 3. The Morgan fingerprint density at radius 1 is 1.25 bits per heavy atom. The van der Waals surface area contributed by atoms with Crippen LogP contribution < -0.4 is 20.3 Å². The predicted octanol–water partition coefficient (Wildman–Crippen LogP) is 1.71. The molecule has 0 bridgehead atoms. The van der Waals surface area contributed by atoms with Crippen molar-refractivity contribution in [1.29, 1.82) is 0 Å². The van der Waals surface area contributed by atoms with E-state index in [0.29, 0.717) is 11.4 Å². The highest BCUT2D eigenvalue weighted by Gasteiger charge is 2.08. The van der Waals surface area contributed by atoms with Crippen LogP contribution in [-0.4, -0.2) is 49.5 Å². The van der Waals surface area contributed by atoms with Gasteiger partial charge in [0.25, 0.3) is 0 Å². The number of rotatable bonds is 7. The number of carbonyl (C=O) groups is 1. The van der Waals surface area contributed by atoms with Crippen molar-refractivity contribution in [3.05, 3.63) is 48.7 Å². The Morgan fingerprint density at radius 2 is 2.00 bits per heavy atom. The molecule has 2 aromatic rings. The van der Waals surface area contributed by atoms with Gasteiger partial charge in [0.15, 0.2) is 0 Å². The van der Waals surface area contributed by atoms with Crippen LogP contribution >= 0.6 is 0 Å². The monoisotopic (exact) mass is 330 g/mol. The molecule has 3 N–H and O–H groups in total. The van der Waals surface area contributed by atoms with Crippen molar-refractivity contribution in [3.63, 3.8) is 0 Å². The molecule has 1 aromatic heterocycles. The van der Waals surface area contributed by atoms with Crippen LogP contribution in [0.4, 0.5) is 16.3 Å². The van der Waals surface area contributed by atoms with Crippen molar-refractivity contribution in [2.24, 2.45) is 0 Å². The largest absolute Gasteiger partial charge is 0.491 e. The summed E-state index contributed by atoms with van der Waals surface area (Å²) >= 11 is 0. The van der Waals surface area contributed by atoms with Gasteiger partial charge in [0.2, 0.25) is 0 Å². The SMILES string of the molecule is CN(C)c1ccc(NC(=O)NC[C@H](O)COc2ccccc2)cn1. The number of amides is 2. The van der Waals surface area contributed by atoms with E-state index in [9.17, 15) is 9.90 Å². The summed E-state index contributed by atoms with van der Waals surface area (Å²) in [6.45, 7) is 0.186. The van der Waals surface area contributed by atoms with Crippen LogP contribution in [-0.2, 0) is 0 Å². The van der Waals surface area contributed by atoms with Crippen molar-refractivity contribution >= 4 is 17.5 Å². The zero-order chi connectivity index (χ0) is 17.4. The number of pyridine rings is 1. The van der Waals surface area contributed by atoms with Gasteiger partial charge in [0.1, 0.15) is 24.3 Å². The first-order valence-electron chi connectivity index (χ1n) is 7.59. The molecular formula is C17H22N4O3. The van der Waals surface area contributed by atoms with E-state index in [1.165, 1.54) is 0 Å². The Kier molecular flexibility index (Phi) is 6.39. The molecule has 128 valence electrons. The van der Waals surface area contributed by atoms with Gasteiger partial charge in [-0.1, -0.05) is 18.2 Å². The average Bonchev–Trinajstić information content (AvgIpc) is 2.59. The van der Waals surface area contributed by atoms with E-state index < -0.39 is 12.1 Å². The number of carbonyl (C=O) groups excluding carboxylic acids is 1. The number of benzene rings is 1. The maximum absolute atomic E-state index is 11.8. The summed E-state index contributed by atoms with van der Waals surface area (Å²) in [5.74, 6) is 1.47. The molecule has 0 aliphatic carbocycles. The minimum absolute atomic E-state index is 0.0852. The van der Waals surface area contributed by atoms with E-state index in [1.54, 1.807) is 30.5 Å². The highest BCUT2D eigenvalue weighted by molar-refractivity contribution is 5.89. The molecule has 0 spiro atoms. The summed E-state index contributed by atoms with van der Waals surface area (Å²) in [5, 5.41) is 15.1. The molecule has 1 heterocycles. The van der Waals surface area contributed by atoms with Crippen LogP contribution in [0.3, 0.4) is 0 Å². The van der Waals surface area contributed by atoms with Crippen LogP contribution in [0.5, 0.6) is 5.75 Å². The zero-order valence-electron chi connectivity index (χ0n) is 13.8. The molecule has 0 fully saturated rings. The quantitative estimate of drug-likeness (QED) is 0.719. The maximum Gasteiger partial charge on any atom is 0.319 e. The van der Waals surface area contributed by atoms with Gasteiger partial charge in [-0.3, -0.25) is 0 Å². The number of urea groups is 1. The van der Waals surface area contributed by atoms with Crippen molar-refractivity contribution in [2.75, 3.05) is 37.5 Å². The number of nitrogens with one attached hydrogen (secondary N) is 2. The van der Waals surface area contributed by atoms with Crippen LogP contribution in [0, 0.1) is 0 Å². The molecule has 0 unspecified atom stereocenters. The van der Waals surface area contributed by atoms with Gasteiger partial charge < -0.3 is 25.4 Å². The number of aliphatic hydroxyl groups excluding tert-OH is 1. The normalized spacial score (nSPS) is 11.5. The number of ether oxygens (including phenoxy) is 1. The number of aliphatic hydroxyl groups is 1. The third-order valence-corrected chi connectivity index (χ3v) is 3.15. The number of nitrogens with zero attached hydrogens (tertiary/aromatic N) is 2. The Morgan fingerprint density at radius 3 is 2.62 bits per heavy atom. The number of hydrogen-bond acceptors (Lipinski definition) is 5. The topological polar surface area (TPSA) is 86.7 Å². The fraction of sp³-hybridized carbons (Fsp3) is 0.294. The minimum Gasteiger partial charge on any atom is -0.491 e. The lowest BCUT2D eigenvalue weighted by Crippen LogP contribution is -2.37. The average molecular weight is 330 g/mol. The summed E-state index contributed by atoms with van der Waals surface area (Å²) in [5.41, 5.74) is 0.577. The van der Waals surface area contributed by atoms with E-state index in [1.807, 2.05) is 37.2 Å². The van der Waals surface area contributed by atoms with Crippen LogP contribution in [0.25, 0.3) is 0 Å². The van der Waals surface area contributed by atoms with Crippen LogP contribution in [0.15, 0.2) is 48.7 Å². The Labute approximate surface area is 141 Å². The molecule has 24 heavy (non-hydrogen) atoms. The van der Waals surface area contributed by atoms with Gasteiger partial charge in [-0.2, -0.15) is 0 Å². The minimum atomic E-state index is -0.801. The summed E-state index contributed by atoms with van der Waals surface area (Å²) < 4.78 is 5.42. The fourth-order valence-electron chi connectivity index (χ4n) is 1.88. The molecule has 1 aromatic carbocycles. The van der Waals surface area contributed by atoms with Gasteiger partial charge in [0, 0.05) is 20.6 Å². The zero-order valence-corrected chi connectivity index (χ0v) is 13.8. The number of anilines is 2. The second-order valence-electron chi connectivity index (χ2n) is 5.41. The highest BCUT2D eigenvalue weighted by atomic mass is 16.5. The van der Waals surface area contributed by atoms with E-state index in [4.69, 9.17) is 4.74 Å². The second kappa shape index (κ2) is 8.73. The van der Waals surface area contributed by atoms with Crippen molar-refractivity contribution in [2.45, 2.75) is 6.10 Å². The van der Waals surface area contributed by atoms with E-state index in [2.05, 4.69) is 15.6 Å². The fourth-order valence-corrected chi connectivity index (χ4v) is 1.88. The Hall–Kier alpha value is -2.80. The van der Waals surface area contributed by atoms with Gasteiger partial charge >= 0.3 is 6.03 Å². The van der Waals surface area contributed by atoms with Crippen LogP contribution in [0.1, 0.15) is 0 Å². The van der Waals surface area contributed by atoms with Crippen molar-refractivity contribution < 1.29 is 14.6 Å². The molecule has 0 aliphatic heterocycles. The molecule has 7 nitrogen and oxygen atoms in total. The molecule has 2 rings (SSSR count). The molecule has 0 aliphatic rings. The summed E-state index contributed by atoms with van der Waals surface area (Å²) in [6, 6.07) is 12.3. The van der Waals surface area contributed by atoms with Gasteiger partial charge in [0.05, 0.1) is 11.9 Å². The molecule has 0 radical (unpaired) electrons. The Bertz CT molecular complexity index is 632. The first-order chi connectivity index (χ1) is 11.5. The first-order valence-corrected chi connectivity index (χ1v) is 7.59. The van der Waals surface area contributed by atoms with Crippen LogP contribution in [0.2, 0.25) is 0 Å². The number of aromatic nitrogens is 1. The highest BCUT2D eigenvalue weighted by Crippen LogP contribution is 2.11.